The van der Waals surface area contributed by atoms with E-state index in [9.17, 15) is 20.0 Å². The summed E-state index contributed by atoms with van der Waals surface area (Å²) >= 11 is 0. The molecule has 2 aromatic rings. The lowest BCUT2D eigenvalue weighted by atomic mass is 9.81. The van der Waals surface area contributed by atoms with Gasteiger partial charge in [0.2, 0.25) is 12.2 Å². The Balaban J connectivity index is 1.46. The maximum Gasteiger partial charge on any atom is 0.288 e. The number of hydrogen-bond donors (Lipinski definition) is 1. The number of aromatic hydroxyl groups is 1. The molecule has 50 heavy (non-hydrogen) atoms. The first kappa shape index (κ1) is 39.0. The fourth-order valence-electron chi connectivity index (χ4n) is 5.64. The van der Waals surface area contributed by atoms with Crippen LogP contribution in [0.1, 0.15) is 25.0 Å². The molecule has 0 radical (unpaired) electrons. The number of hydrogen-bond acceptors (Lipinski definition) is 11. The normalized spacial score (nSPS) is 19.9. The van der Waals surface area contributed by atoms with Crippen LogP contribution < -0.4 is 0 Å². The second-order valence-corrected chi connectivity index (χ2v) is 12.1. The van der Waals surface area contributed by atoms with Crippen LogP contribution in [-0.4, -0.2) is 143 Å². The first-order valence-electron chi connectivity index (χ1n) is 17.0. The molecular formula is C36H50N3O11+. The van der Waals surface area contributed by atoms with Gasteiger partial charge in [-0.25, -0.2) is 0 Å². The summed E-state index contributed by atoms with van der Waals surface area (Å²) < 4.78 is 41.3. The van der Waals surface area contributed by atoms with Crippen molar-refractivity contribution in [2.45, 2.75) is 19.3 Å². The Labute approximate surface area is 293 Å². The van der Waals surface area contributed by atoms with Gasteiger partial charge in [-0.3, -0.25) is 14.9 Å². The van der Waals surface area contributed by atoms with E-state index in [4.69, 9.17) is 33.2 Å². The summed E-state index contributed by atoms with van der Waals surface area (Å²) in [6, 6.07) is 11.8. The van der Waals surface area contributed by atoms with Crippen molar-refractivity contribution in [3.05, 3.63) is 69.8 Å². The molecule has 0 unspecified atom stereocenters. The molecule has 1 saturated heterocycles. The Hall–Kier alpha value is -3.76. The molecular weight excluding hydrogens is 650 g/mol. The van der Waals surface area contributed by atoms with Crippen LogP contribution in [0.5, 0.6) is 5.75 Å². The molecule has 2 heterocycles. The monoisotopic (exact) mass is 700 g/mol. The molecule has 0 atom stereocenters. The summed E-state index contributed by atoms with van der Waals surface area (Å²) in [5, 5.41) is 21.8. The van der Waals surface area contributed by atoms with Gasteiger partial charge in [-0.2, -0.15) is 4.58 Å². The highest BCUT2D eigenvalue weighted by atomic mass is 16.6. The smallest absolute Gasteiger partial charge is 0.288 e. The van der Waals surface area contributed by atoms with Crippen molar-refractivity contribution in [2.24, 2.45) is 0 Å². The van der Waals surface area contributed by atoms with Crippen molar-refractivity contribution in [3.8, 4) is 5.75 Å². The van der Waals surface area contributed by atoms with Crippen molar-refractivity contribution < 1.29 is 52.6 Å². The molecule has 4 rings (SSSR count). The molecule has 2 aliphatic heterocycles. The van der Waals surface area contributed by atoms with Gasteiger partial charge in [0.15, 0.2) is 5.71 Å². The molecule has 274 valence electrons. The Kier molecular flexibility index (Phi) is 16.2. The molecule has 0 saturated carbocycles. The summed E-state index contributed by atoms with van der Waals surface area (Å²) in [6.45, 7) is 10.8. The van der Waals surface area contributed by atoms with Gasteiger partial charge < -0.3 is 43.2 Å². The van der Waals surface area contributed by atoms with Gasteiger partial charge in [-0.1, -0.05) is 18.2 Å². The number of benzene rings is 2. The highest BCUT2D eigenvalue weighted by molar-refractivity contribution is 6.06. The number of amides is 1. The minimum absolute atomic E-state index is 0.0400. The number of para-hydroxylation sites is 1. The zero-order valence-electron chi connectivity index (χ0n) is 29.1. The number of carbonyl (C=O) groups is 1. The molecule has 0 aliphatic carbocycles. The predicted molar refractivity (Wildman–Crippen MR) is 185 cm³/mol. The molecule has 2 aromatic carbocycles. The van der Waals surface area contributed by atoms with Crippen LogP contribution in [0.4, 0.5) is 11.4 Å². The number of allylic oxidation sites excluding steroid dienone is 1. The van der Waals surface area contributed by atoms with Crippen LogP contribution in [0.25, 0.3) is 6.08 Å². The number of fused-ring (bicyclic) bond motifs is 1. The van der Waals surface area contributed by atoms with Crippen LogP contribution in [-0.2, 0) is 43.4 Å². The van der Waals surface area contributed by atoms with Gasteiger partial charge in [-0.15, -0.1) is 0 Å². The zero-order chi connectivity index (χ0) is 35.6. The van der Waals surface area contributed by atoms with Crippen LogP contribution in [0, 0.1) is 10.1 Å². The van der Waals surface area contributed by atoms with E-state index in [1.807, 2.05) is 34.9 Å². The van der Waals surface area contributed by atoms with Gasteiger partial charge >= 0.3 is 0 Å². The summed E-state index contributed by atoms with van der Waals surface area (Å²) in [7, 11) is 0. The number of rotatable bonds is 5. The standard InChI is InChI=1S/C36H49N3O11/c1-36(2)31-5-3-4-6-32(31)38(34(36)10-7-29-27-30(39(42)43)8-9-33(29)40)28-35(41)37-11-13-44-15-17-46-19-21-48-23-25-50-26-24-49-22-20-47-18-16-45-14-12-37/h3-10,27H,11-26,28H2,1-2H3/p+1. The Morgan fingerprint density at radius 1 is 0.780 bits per heavy atom. The topological polar surface area (TPSA) is 151 Å². The van der Waals surface area contributed by atoms with Crippen molar-refractivity contribution in [3.63, 3.8) is 0 Å². The lowest BCUT2D eigenvalue weighted by molar-refractivity contribution is -0.426. The lowest BCUT2D eigenvalue weighted by Crippen LogP contribution is -2.41. The third-order valence-corrected chi connectivity index (χ3v) is 8.33. The fraction of sp³-hybridized carbons (Fsp3) is 0.556. The largest absolute Gasteiger partial charge is 0.507 e. The van der Waals surface area contributed by atoms with Crippen LogP contribution in [0.15, 0.2) is 48.5 Å². The zero-order valence-corrected chi connectivity index (χ0v) is 29.1. The van der Waals surface area contributed by atoms with E-state index in [0.29, 0.717) is 111 Å². The quantitative estimate of drug-likeness (QED) is 0.278. The second-order valence-electron chi connectivity index (χ2n) is 12.1. The predicted octanol–water partition coefficient (Wildman–Crippen LogP) is 3.35. The Morgan fingerprint density at radius 2 is 1.26 bits per heavy atom. The van der Waals surface area contributed by atoms with Crippen molar-refractivity contribution in [1.82, 2.24) is 4.90 Å². The number of carbonyl (C=O) groups excluding carboxylic acids is 1. The number of nitrogens with zero attached hydrogens (tertiary/aromatic N) is 3. The molecule has 14 heteroatoms. The number of nitro benzene ring substituents is 1. The van der Waals surface area contributed by atoms with E-state index in [0.717, 1.165) is 17.0 Å². The maximum absolute atomic E-state index is 14.0. The molecule has 0 spiro atoms. The minimum atomic E-state index is -0.503. The maximum atomic E-state index is 14.0. The van der Waals surface area contributed by atoms with Crippen molar-refractivity contribution >= 4 is 29.1 Å². The Morgan fingerprint density at radius 3 is 1.76 bits per heavy atom. The molecule has 2 aliphatic rings. The fourth-order valence-corrected chi connectivity index (χ4v) is 5.64. The SMILES string of the molecule is CC1(C)C(/C=C/c2cc([N+](=O)[O-])ccc2O)=[N+](CC(=O)N2CCOCCOCCOCCOCCOCCOCCOCC2)c2ccccc21. The third-order valence-electron chi connectivity index (χ3n) is 8.33. The van der Waals surface area contributed by atoms with E-state index in [1.54, 1.807) is 11.0 Å². The summed E-state index contributed by atoms with van der Waals surface area (Å²) in [6.07, 6.45) is 3.46. The van der Waals surface area contributed by atoms with Gasteiger partial charge in [0.1, 0.15) is 5.75 Å². The summed E-state index contributed by atoms with van der Waals surface area (Å²) in [4.78, 5) is 26.6. The molecule has 1 fully saturated rings. The highest BCUT2D eigenvalue weighted by Gasteiger charge is 2.45. The lowest BCUT2D eigenvalue weighted by Gasteiger charge is -2.22. The van der Waals surface area contributed by atoms with E-state index >= 15 is 0 Å². The molecule has 1 N–H and O–H groups in total. The second kappa shape index (κ2) is 20.8. The van der Waals surface area contributed by atoms with Gasteiger partial charge in [0.25, 0.3) is 11.6 Å². The van der Waals surface area contributed by atoms with Gasteiger partial charge in [0.05, 0.1) is 103 Å². The van der Waals surface area contributed by atoms with Crippen LogP contribution >= 0.6 is 0 Å². The first-order chi connectivity index (χ1) is 24.3. The average Bonchev–Trinajstić information content (AvgIpc) is 3.31. The highest BCUT2D eigenvalue weighted by Crippen LogP contribution is 2.40. The van der Waals surface area contributed by atoms with Gasteiger partial charge in [0, 0.05) is 48.5 Å². The average molecular weight is 701 g/mol. The molecule has 0 bridgehead atoms. The first-order valence-corrected chi connectivity index (χ1v) is 17.0. The van der Waals surface area contributed by atoms with Crippen LogP contribution in [0.2, 0.25) is 0 Å². The summed E-state index contributed by atoms with van der Waals surface area (Å²) in [5.74, 6) is -0.205. The molecule has 14 nitrogen and oxygen atoms in total. The number of nitro groups is 1. The summed E-state index contributed by atoms with van der Waals surface area (Å²) in [5.41, 5.74) is 2.42. The Bertz CT molecular complexity index is 1420. The van der Waals surface area contributed by atoms with Gasteiger partial charge in [-0.05, 0) is 26.0 Å². The molecule has 0 aromatic heterocycles. The van der Waals surface area contributed by atoms with E-state index in [-0.39, 0.29) is 23.9 Å². The molecule has 1 amide bonds. The van der Waals surface area contributed by atoms with Crippen molar-refractivity contribution in [2.75, 3.05) is 112 Å². The van der Waals surface area contributed by atoms with E-state index < -0.39 is 10.3 Å². The number of phenolic OH excluding ortho intramolecular Hbond substituents is 1. The minimum Gasteiger partial charge on any atom is -0.507 e. The number of ether oxygens (including phenoxy) is 7. The number of non-ortho nitro benzene ring substituents is 1. The third kappa shape index (κ3) is 11.9. The van der Waals surface area contributed by atoms with E-state index in [1.165, 1.54) is 18.2 Å². The van der Waals surface area contributed by atoms with Crippen LogP contribution in [0.3, 0.4) is 0 Å². The number of phenols is 1. The van der Waals surface area contributed by atoms with E-state index in [2.05, 4.69) is 13.8 Å². The van der Waals surface area contributed by atoms with Crippen molar-refractivity contribution in [1.29, 1.82) is 0 Å².